The molecule has 3 fully saturated rings. The molecule has 1 spiro atoms. The molecule has 1 saturated heterocycles. The third-order valence-electron chi connectivity index (χ3n) is 10.1. The summed E-state index contributed by atoms with van der Waals surface area (Å²) in [4.78, 5) is 23.6. The van der Waals surface area contributed by atoms with Gasteiger partial charge in [-0.1, -0.05) is 41.3 Å². The lowest BCUT2D eigenvalue weighted by molar-refractivity contribution is 0.175. The number of likely N-dealkylation sites (tertiary alicyclic amines) is 1. The number of pyridine rings is 1. The first kappa shape index (κ1) is 29.6. The van der Waals surface area contributed by atoms with E-state index in [9.17, 15) is 18.7 Å². The lowest BCUT2D eigenvalue weighted by atomic mass is 9.84. The van der Waals surface area contributed by atoms with Crippen molar-refractivity contribution < 1.29 is 18.7 Å². The van der Waals surface area contributed by atoms with Gasteiger partial charge in [0.25, 0.3) is 0 Å². The second-order valence-corrected chi connectivity index (χ2v) is 15.6. The van der Waals surface area contributed by atoms with Crippen molar-refractivity contribution in [1.29, 1.82) is 0 Å². The number of benzene rings is 2. The summed E-state index contributed by atoms with van der Waals surface area (Å²) in [5.74, 6) is 0.761. The number of nitrogens with one attached hydrogen (secondary N) is 1. The van der Waals surface area contributed by atoms with Crippen LogP contribution in [0.5, 0.6) is 0 Å². The number of carbonyl (C=O) groups is 1. The molecule has 2 atom stereocenters. The minimum Gasteiger partial charge on any atom is -0.392 e. The highest BCUT2D eigenvalue weighted by Crippen LogP contribution is 2.51. The largest absolute Gasteiger partial charge is 0.392 e. The number of aliphatic hydroxyl groups is 1. The van der Waals surface area contributed by atoms with Gasteiger partial charge in [-0.25, -0.2) is 9.78 Å². The van der Waals surface area contributed by atoms with E-state index in [-0.39, 0.29) is 23.3 Å². The van der Waals surface area contributed by atoms with Crippen molar-refractivity contribution in [2.45, 2.75) is 87.3 Å². The molecule has 7 rings (SSSR count). The van der Waals surface area contributed by atoms with Crippen molar-refractivity contribution in [2.75, 3.05) is 30.3 Å². The van der Waals surface area contributed by atoms with Crippen molar-refractivity contribution in [3.05, 3.63) is 77.0 Å². The van der Waals surface area contributed by atoms with E-state index in [4.69, 9.17) is 4.98 Å². The van der Waals surface area contributed by atoms with E-state index in [1.165, 1.54) is 29.5 Å². The van der Waals surface area contributed by atoms with Crippen molar-refractivity contribution >= 4 is 21.9 Å². The molecule has 3 N–H and O–H groups in total. The van der Waals surface area contributed by atoms with Crippen LogP contribution in [0.2, 0.25) is 0 Å². The zero-order valence-electron chi connectivity index (χ0n) is 25.5. The van der Waals surface area contributed by atoms with Gasteiger partial charge in [0.15, 0.2) is 4.90 Å². The highest BCUT2D eigenvalue weighted by Gasteiger charge is 2.48. The lowest BCUT2D eigenvalue weighted by Crippen LogP contribution is -2.41. The average molecular weight is 616 g/mol. The number of anilines is 1. The molecule has 1 aromatic heterocycles. The molecule has 1 unspecified atom stereocenters. The Morgan fingerprint density at radius 2 is 1.80 bits per heavy atom. The standard InChI is InChI=1S/C35H42N4O4S/c1-2-44(42,43)28-10-5-24(6-11-28)20-36-34(41)39-23-35(16-3-4-17-35)33-32(39)14-13-31(37-33)30-19-25(7-12-29(30)26-8-9-26)21-38-18-15-27(40)22-38/h5-7,10-14,19,26-27,40H,2-4,8-9,15-18,20-23H2,1H3,(H-,36,41,42,43)/p+1/t27-/m1/s1. The quantitative estimate of drug-likeness (QED) is 0.265. The smallest absolute Gasteiger partial charge is 0.322 e. The van der Waals surface area contributed by atoms with Gasteiger partial charge in [0.2, 0.25) is 10.2 Å². The molecular formula is C35H43N4O4S+. The number of nitrogens with zero attached hydrogens (tertiary/aromatic N) is 3. The Balaban J connectivity index is 1.14. The Hall–Kier alpha value is -3.11. The number of aliphatic hydroxyl groups excluding tert-OH is 1. The Morgan fingerprint density at radius 1 is 1.05 bits per heavy atom. The number of urea groups is 1. The van der Waals surface area contributed by atoms with E-state index in [1.807, 2.05) is 17.0 Å². The van der Waals surface area contributed by atoms with Crippen molar-refractivity contribution in [1.82, 2.24) is 15.2 Å². The zero-order valence-corrected chi connectivity index (χ0v) is 26.3. The van der Waals surface area contributed by atoms with Gasteiger partial charge in [-0.2, -0.15) is 4.55 Å². The van der Waals surface area contributed by atoms with Crippen molar-refractivity contribution in [3.8, 4) is 11.3 Å². The van der Waals surface area contributed by atoms with E-state index in [0.29, 0.717) is 23.9 Å². The summed E-state index contributed by atoms with van der Waals surface area (Å²) >= 11 is 0. The fraction of sp³-hybridized carbons (Fsp3) is 0.486. The second kappa shape index (κ2) is 11.7. The number of amides is 2. The molecular weight excluding hydrogens is 572 g/mol. The van der Waals surface area contributed by atoms with E-state index in [1.54, 1.807) is 19.1 Å². The third kappa shape index (κ3) is 5.71. The van der Waals surface area contributed by atoms with Crippen LogP contribution < -0.4 is 10.2 Å². The van der Waals surface area contributed by atoms with E-state index in [2.05, 4.69) is 40.5 Å². The zero-order chi connectivity index (χ0) is 30.5. The molecule has 2 saturated carbocycles. The Bertz CT molecular complexity index is 1600. The fourth-order valence-electron chi connectivity index (χ4n) is 7.45. The maximum Gasteiger partial charge on any atom is 0.322 e. The molecule has 8 nitrogen and oxygen atoms in total. The van der Waals surface area contributed by atoms with E-state index < -0.39 is 10.2 Å². The number of β-amino-alcohol motifs (C(OH)–C–C–N with tert-alkyl or cyclic N) is 1. The van der Waals surface area contributed by atoms with Crippen LogP contribution in [0.1, 0.15) is 80.2 Å². The Labute approximate surface area is 261 Å². The highest BCUT2D eigenvalue weighted by atomic mass is 32.3. The van der Waals surface area contributed by atoms with Crippen LogP contribution in [-0.4, -0.2) is 57.1 Å². The Kier molecular flexibility index (Phi) is 7.85. The predicted octanol–water partition coefficient (Wildman–Crippen LogP) is 6.09. The molecule has 9 heteroatoms. The summed E-state index contributed by atoms with van der Waals surface area (Å²) in [6.45, 7) is 5.16. The minimum absolute atomic E-state index is 0.116. The number of aromatic nitrogens is 1. The number of hydrogen-bond acceptors (Lipinski definition) is 5. The van der Waals surface area contributed by atoms with Crippen LogP contribution in [0.25, 0.3) is 11.3 Å². The van der Waals surface area contributed by atoms with Gasteiger partial charge < -0.3 is 10.4 Å². The number of rotatable bonds is 8. The maximum absolute atomic E-state index is 13.6. The molecule has 0 radical (unpaired) electrons. The van der Waals surface area contributed by atoms with Gasteiger partial charge in [-0.15, -0.1) is 0 Å². The van der Waals surface area contributed by atoms with Crippen LogP contribution >= 0.6 is 0 Å². The molecule has 0 bridgehead atoms. The molecule has 3 aromatic rings. The van der Waals surface area contributed by atoms with E-state index >= 15 is 0 Å². The number of fused-ring (bicyclic) bond motifs is 2. The summed E-state index contributed by atoms with van der Waals surface area (Å²) in [7, 11) is -3.01. The molecule has 2 amide bonds. The molecule has 3 heterocycles. The summed E-state index contributed by atoms with van der Waals surface area (Å²) in [6.07, 6.45) is 7.39. The summed E-state index contributed by atoms with van der Waals surface area (Å²) in [5, 5.41) is 13.1. The van der Waals surface area contributed by atoms with Crippen molar-refractivity contribution in [3.63, 3.8) is 0 Å². The Morgan fingerprint density at radius 3 is 2.48 bits per heavy atom. The first-order valence-corrected chi connectivity index (χ1v) is 17.9. The van der Waals surface area contributed by atoms with Gasteiger partial charge in [0.05, 0.1) is 23.2 Å². The average Bonchev–Trinajstić information content (AvgIpc) is 3.49. The van der Waals surface area contributed by atoms with Gasteiger partial charge in [0, 0.05) is 43.7 Å². The van der Waals surface area contributed by atoms with Crippen LogP contribution in [0, 0.1) is 0 Å². The maximum atomic E-state index is 13.6. The first-order chi connectivity index (χ1) is 21.2. The normalized spacial score (nSPS) is 22.3. The summed E-state index contributed by atoms with van der Waals surface area (Å²) in [6, 6.07) is 17.9. The van der Waals surface area contributed by atoms with E-state index in [0.717, 1.165) is 74.4 Å². The SMILES string of the molecule is CC[S+](=O)(O)c1ccc(CNC(=O)N2CC3(CCCC3)c3nc(-c4cc(CN5CC[C@@H](O)C5)ccc4C4CC4)ccc32)cc1. The van der Waals surface area contributed by atoms with Gasteiger partial charge in [-0.05, 0) is 92.0 Å². The molecule has 2 aromatic carbocycles. The third-order valence-corrected chi connectivity index (χ3v) is 11.9. The fourth-order valence-corrected chi connectivity index (χ4v) is 8.34. The highest BCUT2D eigenvalue weighted by molar-refractivity contribution is 7.97. The first-order valence-electron chi connectivity index (χ1n) is 16.2. The van der Waals surface area contributed by atoms with Crippen molar-refractivity contribution in [2.24, 2.45) is 0 Å². The number of hydrogen-bond donors (Lipinski definition) is 3. The van der Waals surface area contributed by atoms with Crippen LogP contribution in [0.15, 0.2) is 59.5 Å². The lowest BCUT2D eigenvalue weighted by Gasteiger charge is -2.24. The van der Waals surface area contributed by atoms with Gasteiger partial charge >= 0.3 is 6.03 Å². The van der Waals surface area contributed by atoms with Crippen LogP contribution in [0.3, 0.4) is 0 Å². The van der Waals surface area contributed by atoms with Gasteiger partial charge in [0.1, 0.15) is 5.75 Å². The second-order valence-electron chi connectivity index (χ2n) is 13.2. The molecule has 2 aliphatic heterocycles. The molecule has 232 valence electrons. The molecule has 2 aliphatic carbocycles. The summed E-state index contributed by atoms with van der Waals surface area (Å²) < 4.78 is 22.4. The van der Waals surface area contributed by atoms with Gasteiger partial charge in [-0.3, -0.25) is 9.80 Å². The summed E-state index contributed by atoms with van der Waals surface area (Å²) in [5.41, 5.74) is 7.55. The predicted molar refractivity (Wildman–Crippen MR) is 173 cm³/mol. The molecule has 44 heavy (non-hydrogen) atoms. The van der Waals surface area contributed by atoms with Crippen LogP contribution in [-0.2, 0) is 32.9 Å². The minimum atomic E-state index is -3.01. The van der Waals surface area contributed by atoms with Crippen LogP contribution in [0.4, 0.5) is 10.5 Å². The topological polar surface area (TPSA) is 106 Å². The monoisotopic (exact) mass is 615 g/mol. The molecule has 4 aliphatic rings. The number of carbonyl (C=O) groups excluding carboxylic acids is 1.